The van der Waals surface area contributed by atoms with Crippen molar-refractivity contribution in [1.29, 1.82) is 0 Å². The van der Waals surface area contributed by atoms with Crippen LogP contribution >= 0.6 is 0 Å². The summed E-state index contributed by atoms with van der Waals surface area (Å²) in [5.74, 6) is 0.163. The Labute approximate surface area is 101 Å². The molecule has 2 aliphatic rings. The minimum absolute atomic E-state index is 0.163. The Morgan fingerprint density at radius 1 is 1.29 bits per heavy atom. The van der Waals surface area contributed by atoms with E-state index in [1.807, 2.05) is 12.1 Å². The summed E-state index contributed by atoms with van der Waals surface area (Å²) in [4.78, 5) is 2.41. The van der Waals surface area contributed by atoms with Crippen molar-refractivity contribution in [2.75, 3.05) is 18.8 Å². The highest BCUT2D eigenvalue weighted by atomic mass is 16.5. The summed E-state index contributed by atoms with van der Waals surface area (Å²) in [5, 5.41) is 9.39. The molecule has 2 atom stereocenters. The Morgan fingerprint density at radius 3 is 2.65 bits per heavy atom. The first kappa shape index (κ1) is 10.9. The average molecular weight is 234 g/mol. The van der Waals surface area contributed by atoms with Crippen LogP contribution in [0.3, 0.4) is 0 Å². The fraction of sp³-hybridized carbons (Fsp3) is 0.538. The smallest absolute Gasteiger partial charge is 0.138 e. The molecule has 0 aromatic heterocycles. The lowest BCUT2D eigenvalue weighted by atomic mass is 10.1. The molecule has 0 amide bonds. The fourth-order valence-corrected chi connectivity index (χ4v) is 2.79. The summed E-state index contributed by atoms with van der Waals surface area (Å²) in [6, 6.07) is 5.45. The molecule has 1 aromatic carbocycles. The van der Waals surface area contributed by atoms with Gasteiger partial charge in [0.1, 0.15) is 5.75 Å². The molecular weight excluding hydrogens is 216 g/mol. The number of phenols is 1. The number of hydrogen-bond acceptors (Lipinski definition) is 4. The van der Waals surface area contributed by atoms with Crippen LogP contribution in [0.5, 0.6) is 5.75 Å². The van der Waals surface area contributed by atoms with Crippen molar-refractivity contribution < 1.29 is 9.84 Å². The first-order valence-corrected chi connectivity index (χ1v) is 6.16. The van der Waals surface area contributed by atoms with Crippen LogP contribution < -0.4 is 5.73 Å². The van der Waals surface area contributed by atoms with Gasteiger partial charge in [0.15, 0.2) is 0 Å². The molecule has 2 aliphatic heterocycles. The van der Waals surface area contributed by atoms with Crippen LogP contribution in [-0.2, 0) is 11.3 Å². The van der Waals surface area contributed by atoms with Crippen LogP contribution in [0.2, 0.25) is 0 Å². The highest BCUT2D eigenvalue weighted by Crippen LogP contribution is 2.28. The molecule has 4 heteroatoms. The Kier molecular flexibility index (Phi) is 2.68. The molecule has 92 valence electrons. The SMILES string of the molecule is Nc1cc(CN2CC3CCC(C2)O3)ccc1O. The van der Waals surface area contributed by atoms with Crippen LogP contribution in [0.15, 0.2) is 18.2 Å². The van der Waals surface area contributed by atoms with Gasteiger partial charge in [0.05, 0.1) is 17.9 Å². The van der Waals surface area contributed by atoms with Crippen LogP contribution in [0.25, 0.3) is 0 Å². The van der Waals surface area contributed by atoms with Crippen molar-refractivity contribution in [2.45, 2.75) is 31.6 Å². The monoisotopic (exact) mass is 234 g/mol. The molecule has 1 aromatic rings. The second kappa shape index (κ2) is 4.20. The predicted octanol–water partition coefficient (Wildman–Crippen LogP) is 1.34. The number of nitrogens with zero attached hydrogens (tertiary/aromatic N) is 1. The summed E-state index contributed by atoms with van der Waals surface area (Å²) in [5.41, 5.74) is 7.31. The minimum atomic E-state index is 0.163. The molecule has 3 rings (SSSR count). The number of nitrogen functional groups attached to an aromatic ring is 1. The summed E-state index contributed by atoms with van der Waals surface area (Å²) in [7, 11) is 0. The third-order valence-corrected chi connectivity index (χ3v) is 3.62. The molecule has 0 radical (unpaired) electrons. The van der Waals surface area contributed by atoms with Crippen molar-refractivity contribution in [1.82, 2.24) is 4.90 Å². The van der Waals surface area contributed by atoms with Gasteiger partial charge in [0.2, 0.25) is 0 Å². The van der Waals surface area contributed by atoms with Crippen LogP contribution in [0.4, 0.5) is 5.69 Å². The molecule has 2 saturated heterocycles. The first-order chi connectivity index (χ1) is 8.20. The first-order valence-electron chi connectivity index (χ1n) is 6.16. The lowest BCUT2D eigenvalue weighted by molar-refractivity contribution is -0.0410. The number of aromatic hydroxyl groups is 1. The quantitative estimate of drug-likeness (QED) is 0.599. The number of morpholine rings is 1. The number of fused-ring (bicyclic) bond motifs is 2. The van der Waals surface area contributed by atoms with Gasteiger partial charge in [0.25, 0.3) is 0 Å². The average Bonchev–Trinajstić information content (AvgIpc) is 2.64. The van der Waals surface area contributed by atoms with Gasteiger partial charge in [-0.2, -0.15) is 0 Å². The lowest BCUT2D eigenvalue weighted by Crippen LogP contribution is -2.41. The number of rotatable bonds is 2. The summed E-state index contributed by atoms with van der Waals surface area (Å²) >= 11 is 0. The molecule has 4 nitrogen and oxygen atoms in total. The highest BCUT2D eigenvalue weighted by Gasteiger charge is 2.33. The van der Waals surface area contributed by atoms with E-state index in [0.29, 0.717) is 17.9 Å². The molecule has 3 N–H and O–H groups in total. The van der Waals surface area contributed by atoms with E-state index < -0.39 is 0 Å². The van der Waals surface area contributed by atoms with Gasteiger partial charge in [-0.15, -0.1) is 0 Å². The summed E-state index contributed by atoms with van der Waals surface area (Å²) in [6.45, 7) is 2.91. The molecule has 2 heterocycles. The molecule has 0 saturated carbocycles. The zero-order chi connectivity index (χ0) is 11.8. The van der Waals surface area contributed by atoms with Gasteiger partial charge in [0, 0.05) is 19.6 Å². The predicted molar refractivity (Wildman–Crippen MR) is 65.7 cm³/mol. The zero-order valence-corrected chi connectivity index (χ0v) is 9.80. The second-order valence-corrected chi connectivity index (χ2v) is 5.04. The third-order valence-electron chi connectivity index (χ3n) is 3.62. The van der Waals surface area contributed by atoms with Crippen molar-refractivity contribution in [3.05, 3.63) is 23.8 Å². The number of anilines is 1. The lowest BCUT2D eigenvalue weighted by Gasteiger charge is -2.32. The maximum Gasteiger partial charge on any atom is 0.138 e. The van der Waals surface area contributed by atoms with E-state index in [1.54, 1.807) is 6.07 Å². The number of phenolic OH excluding ortho intramolecular Hbond substituents is 1. The van der Waals surface area contributed by atoms with Crippen molar-refractivity contribution in [2.24, 2.45) is 0 Å². The Balaban J connectivity index is 1.68. The van der Waals surface area contributed by atoms with Gasteiger partial charge in [-0.25, -0.2) is 0 Å². The van der Waals surface area contributed by atoms with E-state index in [1.165, 1.54) is 12.8 Å². The van der Waals surface area contributed by atoms with E-state index in [9.17, 15) is 5.11 Å². The van der Waals surface area contributed by atoms with E-state index in [2.05, 4.69) is 4.90 Å². The number of ether oxygens (including phenoxy) is 1. The van der Waals surface area contributed by atoms with E-state index >= 15 is 0 Å². The topological polar surface area (TPSA) is 58.7 Å². The number of nitrogens with two attached hydrogens (primary N) is 1. The third kappa shape index (κ3) is 2.23. The fourth-order valence-electron chi connectivity index (χ4n) is 2.79. The van der Waals surface area contributed by atoms with Crippen molar-refractivity contribution in [3.63, 3.8) is 0 Å². The highest BCUT2D eigenvalue weighted by molar-refractivity contribution is 5.53. The molecule has 2 unspecified atom stereocenters. The van der Waals surface area contributed by atoms with Gasteiger partial charge >= 0.3 is 0 Å². The zero-order valence-electron chi connectivity index (χ0n) is 9.80. The van der Waals surface area contributed by atoms with E-state index in [0.717, 1.165) is 25.2 Å². The van der Waals surface area contributed by atoms with Crippen LogP contribution in [0.1, 0.15) is 18.4 Å². The van der Waals surface area contributed by atoms with Crippen molar-refractivity contribution >= 4 is 5.69 Å². The van der Waals surface area contributed by atoms with Crippen molar-refractivity contribution in [3.8, 4) is 5.75 Å². The van der Waals surface area contributed by atoms with E-state index in [4.69, 9.17) is 10.5 Å². The standard InChI is InChI=1S/C13H18N2O2/c14-12-5-9(1-4-13(12)16)6-15-7-10-2-3-11(8-15)17-10/h1,4-5,10-11,16H,2-3,6-8,14H2. The second-order valence-electron chi connectivity index (χ2n) is 5.04. The summed E-state index contributed by atoms with van der Waals surface area (Å²) in [6.07, 6.45) is 3.23. The maximum absolute atomic E-state index is 9.39. The molecule has 0 spiro atoms. The van der Waals surface area contributed by atoms with E-state index in [-0.39, 0.29) is 5.75 Å². The molecular formula is C13H18N2O2. The molecule has 2 fully saturated rings. The Hall–Kier alpha value is -1.26. The van der Waals surface area contributed by atoms with Gasteiger partial charge < -0.3 is 15.6 Å². The minimum Gasteiger partial charge on any atom is -0.506 e. The van der Waals surface area contributed by atoms with Gasteiger partial charge in [-0.05, 0) is 30.5 Å². The molecule has 17 heavy (non-hydrogen) atoms. The molecule has 2 bridgehead atoms. The normalized spacial score (nSPS) is 28.5. The Bertz CT molecular complexity index is 410. The largest absolute Gasteiger partial charge is 0.506 e. The number of likely N-dealkylation sites (tertiary alicyclic amines) is 1. The molecule has 0 aliphatic carbocycles. The van der Waals surface area contributed by atoms with Crippen LogP contribution in [0, 0.1) is 0 Å². The maximum atomic E-state index is 9.39. The van der Waals surface area contributed by atoms with Crippen LogP contribution in [-0.4, -0.2) is 35.3 Å². The van der Waals surface area contributed by atoms with Gasteiger partial charge in [-0.3, -0.25) is 4.90 Å². The Morgan fingerprint density at radius 2 is 2.00 bits per heavy atom. The number of hydrogen-bond donors (Lipinski definition) is 2. The van der Waals surface area contributed by atoms with Gasteiger partial charge in [-0.1, -0.05) is 6.07 Å². The summed E-state index contributed by atoms with van der Waals surface area (Å²) < 4.78 is 5.80. The number of benzene rings is 1.